The normalized spacial score (nSPS) is 10.5. The smallest absolute Gasteiger partial charge is 0.286 e. The van der Waals surface area contributed by atoms with Crippen molar-refractivity contribution >= 4 is 28.8 Å². The van der Waals surface area contributed by atoms with Crippen molar-refractivity contribution in [2.45, 2.75) is 26.4 Å². The number of nitrogens with one attached hydrogen (secondary N) is 2. The lowest BCUT2D eigenvalue weighted by molar-refractivity contribution is 0.0952. The van der Waals surface area contributed by atoms with E-state index in [1.807, 2.05) is 0 Å². The molecular weight excluding hydrogens is 407 g/mol. The third kappa shape index (κ3) is 6.08. The van der Waals surface area contributed by atoms with Crippen LogP contribution in [0.1, 0.15) is 44.9 Å². The van der Waals surface area contributed by atoms with Crippen LogP contribution in [0, 0.1) is 5.82 Å². The molecule has 1 heterocycles. The van der Waals surface area contributed by atoms with Crippen LogP contribution in [0.25, 0.3) is 0 Å². The van der Waals surface area contributed by atoms with E-state index in [0.29, 0.717) is 28.6 Å². The van der Waals surface area contributed by atoms with Gasteiger partial charge in [0.05, 0.1) is 0 Å². The second kappa shape index (κ2) is 10.4. The lowest BCUT2D eigenvalue weighted by atomic mass is 10.2. The van der Waals surface area contributed by atoms with E-state index in [4.69, 9.17) is 4.74 Å². The fraction of sp³-hybridized carbons (Fsp3) is 0.238. The average Bonchev–Trinajstić information content (AvgIpc) is 3.22. The molecule has 0 spiro atoms. The zero-order valence-electron chi connectivity index (χ0n) is 16.4. The number of hydrogen-bond donors (Lipinski definition) is 2. The molecule has 0 radical (unpaired) electrons. The lowest BCUT2D eigenvalue weighted by Gasteiger charge is -2.06. The van der Waals surface area contributed by atoms with Gasteiger partial charge >= 0.3 is 0 Å². The summed E-state index contributed by atoms with van der Waals surface area (Å²) in [5.41, 5.74) is 0.900. The Balaban J connectivity index is 1.51. The highest BCUT2D eigenvalue weighted by atomic mass is 32.1. The topological polar surface area (TPSA) is 93.2 Å². The van der Waals surface area contributed by atoms with E-state index < -0.39 is 11.7 Å². The number of hydrogen-bond acceptors (Lipinski definition) is 6. The number of carbonyl (C=O) groups excluding carboxylic acids is 2. The van der Waals surface area contributed by atoms with Crippen molar-refractivity contribution in [2.75, 3.05) is 11.9 Å². The van der Waals surface area contributed by atoms with Crippen LogP contribution in [-0.4, -0.2) is 28.6 Å². The second-order valence-corrected chi connectivity index (χ2v) is 7.45. The van der Waals surface area contributed by atoms with Gasteiger partial charge in [-0.25, -0.2) is 4.39 Å². The Morgan fingerprint density at radius 1 is 1.10 bits per heavy atom. The van der Waals surface area contributed by atoms with E-state index in [0.717, 1.165) is 24.2 Å². The first kappa shape index (κ1) is 21.4. The van der Waals surface area contributed by atoms with E-state index >= 15 is 0 Å². The molecular formula is C21H21FN4O3S. The molecule has 156 valence electrons. The molecule has 0 atom stereocenters. The first-order valence-electron chi connectivity index (χ1n) is 9.45. The fourth-order valence-corrected chi connectivity index (χ4v) is 3.13. The van der Waals surface area contributed by atoms with Crippen molar-refractivity contribution in [3.8, 4) is 5.75 Å². The molecule has 0 fully saturated rings. The molecule has 0 aliphatic heterocycles. The largest absolute Gasteiger partial charge is 0.486 e. The number of nitrogens with zero attached hydrogens (tertiary/aromatic N) is 2. The zero-order valence-corrected chi connectivity index (χ0v) is 17.2. The van der Waals surface area contributed by atoms with Crippen LogP contribution in [0.2, 0.25) is 0 Å². The molecule has 1 aromatic heterocycles. The minimum Gasteiger partial charge on any atom is -0.486 e. The third-order valence-electron chi connectivity index (χ3n) is 4.04. The highest BCUT2D eigenvalue weighted by Crippen LogP contribution is 2.18. The molecule has 2 aromatic carbocycles. The van der Waals surface area contributed by atoms with Crippen LogP contribution < -0.4 is 15.4 Å². The number of unbranched alkanes of at least 4 members (excludes halogenated alkanes) is 1. The Bertz CT molecular complexity index is 1010. The van der Waals surface area contributed by atoms with Crippen molar-refractivity contribution in [3.63, 3.8) is 0 Å². The fourth-order valence-electron chi connectivity index (χ4n) is 2.48. The lowest BCUT2D eigenvalue weighted by Crippen LogP contribution is -2.24. The van der Waals surface area contributed by atoms with Gasteiger partial charge < -0.3 is 15.4 Å². The molecule has 2 N–H and O–H groups in total. The van der Waals surface area contributed by atoms with Gasteiger partial charge in [0.2, 0.25) is 5.01 Å². The maximum atomic E-state index is 13.2. The predicted molar refractivity (Wildman–Crippen MR) is 112 cm³/mol. The summed E-state index contributed by atoms with van der Waals surface area (Å²) in [5.74, 6) is -0.458. The number of ether oxygens (including phenoxy) is 1. The maximum absolute atomic E-state index is 13.2. The molecule has 0 aliphatic rings. The highest BCUT2D eigenvalue weighted by molar-refractivity contribution is 7.13. The Labute approximate surface area is 177 Å². The quantitative estimate of drug-likeness (QED) is 0.502. The van der Waals surface area contributed by atoms with Gasteiger partial charge in [0, 0.05) is 17.8 Å². The van der Waals surface area contributed by atoms with Gasteiger partial charge in [0.25, 0.3) is 11.8 Å². The second-order valence-electron chi connectivity index (χ2n) is 6.39. The van der Waals surface area contributed by atoms with Gasteiger partial charge in [-0.2, -0.15) is 0 Å². The van der Waals surface area contributed by atoms with Gasteiger partial charge in [-0.1, -0.05) is 30.7 Å². The van der Waals surface area contributed by atoms with E-state index in [1.54, 1.807) is 30.3 Å². The Hall–Kier alpha value is -3.33. The van der Waals surface area contributed by atoms with Gasteiger partial charge in [0.1, 0.15) is 18.2 Å². The summed E-state index contributed by atoms with van der Waals surface area (Å²) in [6.07, 6.45) is 1.96. The van der Waals surface area contributed by atoms with E-state index in [2.05, 4.69) is 27.8 Å². The van der Waals surface area contributed by atoms with E-state index in [1.165, 1.54) is 18.2 Å². The number of anilines is 1. The summed E-state index contributed by atoms with van der Waals surface area (Å²) < 4.78 is 18.9. The summed E-state index contributed by atoms with van der Waals surface area (Å²) >= 11 is 1.09. The molecule has 3 rings (SSSR count). The third-order valence-corrected chi connectivity index (χ3v) is 4.93. The van der Waals surface area contributed by atoms with Crippen molar-refractivity contribution in [2.24, 2.45) is 0 Å². The van der Waals surface area contributed by atoms with Crippen molar-refractivity contribution < 1.29 is 18.7 Å². The van der Waals surface area contributed by atoms with Gasteiger partial charge in [-0.15, -0.1) is 10.2 Å². The predicted octanol–water partition coefficient (Wildman–Crippen LogP) is 4.04. The van der Waals surface area contributed by atoms with Gasteiger partial charge in [-0.3, -0.25) is 9.59 Å². The number of benzene rings is 2. The minimum absolute atomic E-state index is 0.118. The SMILES string of the molecule is CCCCNC(=O)c1ccc(OCc2nnc(C(=O)Nc3cccc(F)c3)s2)cc1. The van der Waals surface area contributed by atoms with Gasteiger partial charge in [0.15, 0.2) is 5.01 Å². The van der Waals surface area contributed by atoms with Crippen LogP contribution in [0.4, 0.5) is 10.1 Å². The number of halogens is 1. The van der Waals surface area contributed by atoms with Gasteiger partial charge in [-0.05, 0) is 48.9 Å². The minimum atomic E-state index is -0.470. The average molecular weight is 428 g/mol. The molecule has 30 heavy (non-hydrogen) atoms. The van der Waals surface area contributed by atoms with E-state index in [9.17, 15) is 14.0 Å². The van der Waals surface area contributed by atoms with Crippen molar-refractivity contribution in [1.29, 1.82) is 0 Å². The molecule has 2 amide bonds. The molecule has 0 saturated heterocycles. The molecule has 0 bridgehead atoms. The summed E-state index contributed by atoms with van der Waals surface area (Å²) in [4.78, 5) is 24.2. The van der Waals surface area contributed by atoms with Crippen LogP contribution in [0.3, 0.4) is 0 Å². The number of carbonyl (C=O) groups is 2. The molecule has 9 heteroatoms. The Morgan fingerprint density at radius 2 is 1.90 bits per heavy atom. The summed E-state index contributed by atoms with van der Waals surface area (Å²) in [6, 6.07) is 12.4. The Kier molecular flexibility index (Phi) is 7.45. The van der Waals surface area contributed by atoms with Crippen LogP contribution in [0.5, 0.6) is 5.75 Å². The molecule has 7 nitrogen and oxygen atoms in total. The van der Waals surface area contributed by atoms with Crippen molar-refractivity contribution in [3.05, 3.63) is 69.9 Å². The maximum Gasteiger partial charge on any atom is 0.286 e. The molecule has 0 aliphatic carbocycles. The number of amides is 2. The van der Waals surface area contributed by atoms with E-state index in [-0.39, 0.29) is 17.5 Å². The number of rotatable bonds is 9. The number of aromatic nitrogens is 2. The summed E-state index contributed by atoms with van der Waals surface area (Å²) in [6.45, 7) is 2.85. The highest BCUT2D eigenvalue weighted by Gasteiger charge is 2.14. The van der Waals surface area contributed by atoms with Crippen LogP contribution in [-0.2, 0) is 6.61 Å². The molecule has 0 saturated carbocycles. The van der Waals surface area contributed by atoms with Crippen LogP contribution in [0.15, 0.2) is 48.5 Å². The molecule has 0 unspecified atom stereocenters. The van der Waals surface area contributed by atoms with Crippen LogP contribution >= 0.6 is 11.3 Å². The zero-order chi connectivity index (χ0) is 21.3. The summed E-state index contributed by atoms with van der Waals surface area (Å²) in [5, 5.41) is 13.9. The first-order chi connectivity index (χ1) is 14.5. The van der Waals surface area contributed by atoms with Crippen molar-refractivity contribution in [1.82, 2.24) is 15.5 Å². The first-order valence-corrected chi connectivity index (χ1v) is 10.3. The summed E-state index contributed by atoms with van der Waals surface area (Å²) in [7, 11) is 0. The standard InChI is InChI=1S/C21H21FN4O3S/c1-2-3-11-23-19(27)14-7-9-17(10-8-14)29-13-18-25-26-21(30-18)20(28)24-16-6-4-5-15(22)12-16/h4-10,12H,2-3,11,13H2,1H3,(H,23,27)(H,24,28). The monoisotopic (exact) mass is 428 g/mol. The molecule has 3 aromatic rings. The Morgan fingerprint density at radius 3 is 2.63 bits per heavy atom.